The molecule has 2 saturated carbocycles. The fraction of sp³-hybridized carbons (Fsp3) is 0.533. The quantitative estimate of drug-likeness (QED) is 0.291. The Morgan fingerprint density at radius 3 is 2.67 bits per heavy atom. The second kappa shape index (κ2) is 11.2. The first-order valence-corrected chi connectivity index (χ1v) is 13.9. The molecular formula is C30H34F4N4O. The number of nitrogens with one attached hydrogen (secondary N) is 1. The zero-order valence-electron chi connectivity index (χ0n) is 21.9. The van der Waals surface area contributed by atoms with Crippen molar-refractivity contribution in [1.29, 1.82) is 5.26 Å². The van der Waals surface area contributed by atoms with Crippen molar-refractivity contribution in [2.75, 3.05) is 31.5 Å². The Kier molecular flexibility index (Phi) is 7.86. The average molecular weight is 543 g/mol. The molecule has 0 spiro atoms. The van der Waals surface area contributed by atoms with E-state index in [1.54, 1.807) is 11.0 Å². The van der Waals surface area contributed by atoms with Crippen molar-refractivity contribution in [2.45, 2.75) is 69.0 Å². The van der Waals surface area contributed by atoms with E-state index in [1.807, 2.05) is 12.1 Å². The average Bonchev–Trinajstić information content (AvgIpc) is 3.43. The molecule has 1 aliphatic heterocycles. The van der Waals surface area contributed by atoms with Crippen molar-refractivity contribution in [3.8, 4) is 6.07 Å². The summed E-state index contributed by atoms with van der Waals surface area (Å²) in [5.74, 6) is -0.968. The Hall–Kier alpha value is -3.12. The number of nitriles is 1. The number of likely N-dealkylation sites (tertiary alicyclic amines) is 1. The number of benzene rings is 2. The van der Waals surface area contributed by atoms with Crippen LogP contribution in [0, 0.1) is 23.1 Å². The third-order valence-corrected chi connectivity index (χ3v) is 8.83. The van der Waals surface area contributed by atoms with Crippen molar-refractivity contribution in [2.24, 2.45) is 5.92 Å². The predicted molar refractivity (Wildman–Crippen MR) is 141 cm³/mol. The lowest BCUT2D eigenvalue weighted by Crippen LogP contribution is -2.46. The molecule has 39 heavy (non-hydrogen) atoms. The van der Waals surface area contributed by atoms with Crippen molar-refractivity contribution in [3.05, 3.63) is 65.0 Å². The Labute approximate surface area is 226 Å². The van der Waals surface area contributed by atoms with E-state index in [9.17, 15) is 27.6 Å². The van der Waals surface area contributed by atoms with Crippen LogP contribution in [0.4, 0.5) is 28.0 Å². The molecule has 2 amide bonds. The molecule has 9 heteroatoms. The van der Waals surface area contributed by atoms with Crippen molar-refractivity contribution in [1.82, 2.24) is 9.80 Å². The van der Waals surface area contributed by atoms with Crippen LogP contribution in [0.2, 0.25) is 0 Å². The molecule has 2 aromatic carbocycles. The fourth-order valence-corrected chi connectivity index (χ4v) is 6.64. The van der Waals surface area contributed by atoms with E-state index < -0.39 is 23.6 Å². The maximum atomic E-state index is 13.8. The van der Waals surface area contributed by atoms with Crippen LogP contribution in [0.5, 0.6) is 0 Å². The third-order valence-electron chi connectivity index (χ3n) is 8.83. The second-order valence-corrected chi connectivity index (χ2v) is 11.2. The van der Waals surface area contributed by atoms with Crippen LogP contribution in [-0.4, -0.2) is 48.1 Å². The summed E-state index contributed by atoms with van der Waals surface area (Å²) in [6.45, 7) is 3.71. The molecule has 0 aromatic heterocycles. The van der Waals surface area contributed by atoms with Crippen LogP contribution in [0.1, 0.15) is 68.1 Å². The number of halogens is 4. The molecule has 3 fully saturated rings. The smallest absolute Gasteiger partial charge is 0.322 e. The van der Waals surface area contributed by atoms with Gasteiger partial charge in [-0.05, 0) is 118 Å². The highest BCUT2D eigenvalue weighted by molar-refractivity contribution is 5.89. The summed E-state index contributed by atoms with van der Waals surface area (Å²) in [5.41, 5.74) is 0.404. The first-order valence-electron chi connectivity index (χ1n) is 13.9. The van der Waals surface area contributed by atoms with E-state index in [0.29, 0.717) is 24.1 Å². The number of carbonyl (C=O) groups is 1. The topological polar surface area (TPSA) is 59.4 Å². The summed E-state index contributed by atoms with van der Waals surface area (Å²) >= 11 is 0. The molecule has 5 nitrogen and oxygen atoms in total. The van der Waals surface area contributed by atoms with Gasteiger partial charge in [0.15, 0.2) is 0 Å². The highest BCUT2D eigenvalue weighted by Gasteiger charge is 2.58. The summed E-state index contributed by atoms with van der Waals surface area (Å²) in [4.78, 5) is 17.7. The highest BCUT2D eigenvalue weighted by atomic mass is 19.4. The molecule has 3 aliphatic rings. The standard InChI is InChI=1S/C30H34F4N4O/c31-27-9-8-24(18-26(27)30(32,33)34)36-28(39)38(15-4-3-14-37-12-1-2-13-37)25-10-11-29(19-23(29)17-25)22-7-5-6-21(16-22)20-35/h5-9,16,18,23,25H,1-4,10-15,17,19H2,(H,36,39)/t23?,25?,29-/m1/s1. The Morgan fingerprint density at radius 1 is 1.15 bits per heavy atom. The SMILES string of the molecule is N#Cc1cccc([C@]23CCC(N(CCCCN4CCCC4)C(=O)Nc4ccc(F)c(C(F)(F)F)c4)CC2C3)c1. The Balaban J connectivity index is 1.28. The van der Waals surface area contributed by atoms with Gasteiger partial charge in [-0.1, -0.05) is 12.1 Å². The number of fused-ring (bicyclic) bond motifs is 1. The van der Waals surface area contributed by atoms with Crippen LogP contribution >= 0.6 is 0 Å². The minimum atomic E-state index is -4.85. The molecule has 5 rings (SSSR count). The molecule has 208 valence electrons. The number of hydrogen-bond acceptors (Lipinski definition) is 3. The van der Waals surface area contributed by atoms with Gasteiger partial charge in [-0.25, -0.2) is 9.18 Å². The van der Waals surface area contributed by atoms with Crippen molar-refractivity contribution >= 4 is 11.7 Å². The molecule has 0 bridgehead atoms. The number of nitrogens with zero attached hydrogens (tertiary/aromatic N) is 3. The first kappa shape index (κ1) is 27.4. The fourth-order valence-electron chi connectivity index (χ4n) is 6.64. The zero-order chi connectivity index (χ0) is 27.6. The van der Waals surface area contributed by atoms with Gasteiger partial charge in [0.05, 0.1) is 17.2 Å². The number of alkyl halides is 3. The van der Waals surface area contributed by atoms with E-state index >= 15 is 0 Å². The summed E-state index contributed by atoms with van der Waals surface area (Å²) in [6.07, 6.45) is 2.83. The van der Waals surface area contributed by atoms with E-state index in [2.05, 4.69) is 22.4 Å². The summed E-state index contributed by atoms with van der Waals surface area (Å²) in [7, 11) is 0. The molecule has 1 saturated heterocycles. The van der Waals surface area contributed by atoms with E-state index in [-0.39, 0.29) is 17.1 Å². The molecule has 1 N–H and O–H groups in total. The number of amides is 2. The minimum Gasteiger partial charge on any atom is -0.322 e. The van der Waals surface area contributed by atoms with Gasteiger partial charge in [0.1, 0.15) is 5.82 Å². The summed E-state index contributed by atoms with van der Waals surface area (Å²) in [6, 6.07) is 12.1. The number of anilines is 1. The van der Waals surface area contributed by atoms with Crippen molar-refractivity contribution in [3.63, 3.8) is 0 Å². The Morgan fingerprint density at radius 2 is 1.95 bits per heavy atom. The van der Waals surface area contributed by atoms with Gasteiger partial charge in [0, 0.05) is 18.3 Å². The lowest BCUT2D eigenvalue weighted by atomic mass is 9.80. The van der Waals surface area contributed by atoms with E-state index in [0.717, 1.165) is 64.2 Å². The molecular weight excluding hydrogens is 508 g/mol. The van der Waals surface area contributed by atoms with Crippen LogP contribution < -0.4 is 5.32 Å². The van der Waals surface area contributed by atoms with E-state index in [1.165, 1.54) is 24.5 Å². The molecule has 3 atom stereocenters. The maximum absolute atomic E-state index is 13.8. The van der Waals surface area contributed by atoms with Crippen LogP contribution in [0.25, 0.3) is 0 Å². The Bertz CT molecular complexity index is 1240. The number of hydrogen-bond donors (Lipinski definition) is 1. The minimum absolute atomic E-state index is 0.0286. The zero-order valence-corrected chi connectivity index (χ0v) is 21.9. The molecule has 2 unspecified atom stereocenters. The summed E-state index contributed by atoms with van der Waals surface area (Å²) in [5, 5.41) is 11.9. The van der Waals surface area contributed by atoms with E-state index in [4.69, 9.17) is 0 Å². The predicted octanol–water partition coefficient (Wildman–Crippen LogP) is 6.94. The first-order chi connectivity index (χ1) is 18.7. The number of rotatable bonds is 8. The molecule has 1 heterocycles. The monoisotopic (exact) mass is 542 g/mol. The van der Waals surface area contributed by atoms with Gasteiger partial charge < -0.3 is 15.1 Å². The maximum Gasteiger partial charge on any atom is 0.419 e. The normalized spacial score (nSPS) is 24.6. The van der Waals surface area contributed by atoms with Gasteiger partial charge in [-0.15, -0.1) is 0 Å². The lowest BCUT2D eigenvalue weighted by molar-refractivity contribution is -0.139. The van der Waals surface area contributed by atoms with Crippen LogP contribution in [0.15, 0.2) is 42.5 Å². The van der Waals surface area contributed by atoms with Gasteiger partial charge >= 0.3 is 12.2 Å². The third kappa shape index (κ3) is 6.06. The number of urea groups is 1. The van der Waals surface area contributed by atoms with Crippen molar-refractivity contribution < 1.29 is 22.4 Å². The number of unbranched alkanes of at least 4 members (excludes halogenated alkanes) is 1. The molecule has 0 radical (unpaired) electrons. The summed E-state index contributed by atoms with van der Waals surface area (Å²) < 4.78 is 53.5. The second-order valence-electron chi connectivity index (χ2n) is 11.2. The highest BCUT2D eigenvalue weighted by Crippen LogP contribution is 2.63. The molecule has 2 aliphatic carbocycles. The lowest BCUT2D eigenvalue weighted by Gasteiger charge is -2.37. The van der Waals surface area contributed by atoms with Gasteiger partial charge in [0.2, 0.25) is 0 Å². The van der Waals surface area contributed by atoms with Crippen LogP contribution in [0.3, 0.4) is 0 Å². The van der Waals surface area contributed by atoms with Gasteiger partial charge in [-0.2, -0.15) is 18.4 Å². The van der Waals surface area contributed by atoms with Gasteiger partial charge in [0.25, 0.3) is 0 Å². The molecule has 2 aromatic rings. The number of carbonyl (C=O) groups excluding carboxylic acids is 1. The largest absolute Gasteiger partial charge is 0.419 e. The van der Waals surface area contributed by atoms with Crippen LogP contribution in [-0.2, 0) is 11.6 Å². The van der Waals surface area contributed by atoms with Gasteiger partial charge in [-0.3, -0.25) is 0 Å².